The highest BCUT2D eigenvalue weighted by Gasteiger charge is 2.09. The van der Waals surface area contributed by atoms with Crippen molar-refractivity contribution in [2.24, 2.45) is 0 Å². The van der Waals surface area contributed by atoms with Crippen molar-refractivity contribution in [1.82, 2.24) is 4.98 Å². The molecule has 0 bridgehead atoms. The van der Waals surface area contributed by atoms with E-state index >= 15 is 0 Å². The molecule has 2 aromatic rings. The summed E-state index contributed by atoms with van der Waals surface area (Å²) in [5.41, 5.74) is 1.42. The molecule has 2 nitrogen and oxygen atoms in total. The summed E-state index contributed by atoms with van der Waals surface area (Å²) in [5.74, 6) is 0.00639. The van der Waals surface area contributed by atoms with E-state index in [1.54, 1.807) is 24.5 Å². The van der Waals surface area contributed by atoms with Crippen molar-refractivity contribution in [3.63, 3.8) is 0 Å². The number of carbonyl (C=O) groups excluding carboxylic acids is 1. The second-order valence-corrected chi connectivity index (χ2v) is 4.91. The van der Waals surface area contributed by atoms with Crippen LogP contribution in [0.1, 0.15) is 15.9 Å². The molecule has 1 aromatic heterocycles. The second kappa shape index (κ2) is 5.43. The summed E-state index contributed by atoms with van der Waals surface area (Å²) in [4.78, 5) is 16.0. The fourth-order valence-electron chi connectivity index (χ4n) is 1.48. The molecular weight excluding hydrogens is 302 g/mol. The fraction of sp³-hybridized carbons (Fsp3) is 0.0769. The van der Waals surface area contributed by atoms with Gasteiger partial charge in [0.25, 0.3) is 0 Å². The molecule has 0 fully saturated rings. The van der Waals surface area contributed by atoms with Crippen molar-refractivity contribution in [2.45, 2.75) is 6.42 Å². The first-order chi connectivity index (χ1) is 8.16. The summed E-state index contributed by atoms with van der Waals surface area (Å²) in [5, 5.41) is 0.615. The third kappa shape index (κ3) is 3.14. The number of carbonyl (C=O) groups is 1. The average molecular weight is 311 g/mol. The van der Waals surface area contributed by atoms with Crippen molar-refractivity contribution in [3.8, 4) is 0 Å². The number of nitrogens with zero attached hydrogens (tertiary/aromatic N) is 1. The van der Waals surface area contributed by atoms with Crippen LogP contribution in [-0.2, 0) is 6.42 Å². The minimum absolute atomic E-state index is 0.00639. The Bertz CT molecular complexity index is 557. The minimum Gasteiger partial charge on any atom is -0.294 e. The van der Waals surface area contributed by atoms with Crippen LogP contribution < -0.4 is 0 Å². The van der Waals surface area contributed by atoms with E-state index in [9.17, 15) is 4.79 Å². The van der Waals surface area contributed by atoms with Gasteiger partial charge in [0.1, 0.15) is 0 Å². The Hall–Kier alpha value is -1.19. The lowest BCUT2D eigenvalue weighted by molar-refractivity contribution is 0.0992. The Kier molecular flexibility index (Phi) is 3.92. The maximum absolute atomic E-state index is 12.0. The average Bonchev–Trinajstić information content (AvgIpc) is 2.32. The Morgan fingerprint density at radius 2 is 2.06 bits per heavy atom. The lowest BCUT2D eigenvalue weighted by Gasteiger charge is -2.03. The third-order valence-electron chi connectivity index (χ3n) is 2.34. The Balaban J connectivity index is 2.20. The highest BCUT2D eigenvalue weighted by atomic mass is 79.9. The lowest BCUT2D eigenvalue weighted by atomic mass is 10.0. The molecule has 1 aromatic carbocycles. The molecule has 0 saturated heterocycles. The molecular formula is C13H9BrClNO. The molecule has 0 atom stereocenters. The SMILES string of the molecule is O=C(Cc1ccccc1Cl)c1cncc(Br)c1. The number of hydrogen-bond donors (Lipinski definition) is 0. The number of rotatable bonds is 3. The van der Waals surface area contributed by atoms with E-state index in [2.05, 4.69) is 20.9 Å². The van der Waals surface area contributed by atoms with Crippen LogP contribution in [0.25, 0.3) is 0 Å². The Morgan fingerprint density at radius 3 is 2.76 bits per heavy atom. The van der Waals surface area contributed by atoms with Crippen molar-refractivity contribution in [3.05, 3.63) is 63.3 Å². The summed E-state index contributed by atoms with van der Waals surface area (Å²) < 4.78 is 0.794. The van der Waals surface area contributed by atoms with Gasteiger partial charge in [-0.2, -0.15) is 0 Å². The number of Topliss-reactive ketones (excluding diaryl/α,β-unsaturated/α-hetero) is 1. The van der Waals surface area contributed by atoms with Crippen LogP contribution >= 0.6 is 27.5 Å². The topological polar surface area (TPSA) is 30.0 Å². The van der Waals surface area contributed by atoms with Gasteiger partial charge in [-0.15, -0.1) is 0 Å². The van der Waals surface area contributed by atoms with E-state index in [1.165, 1.54) is 0 Å². The predicted octanol–water partition coefficient (Wildman–Crippen LogP) is 3.92. The molecule has 0 spiro atoms. The molecule has 0 aliphatic carbocycles. The van der Waals surface area contributed by atoms with Crippen LogP contribution in [0.4, 0.5) is 0 Å². The van der Waals surface area contributed by atoms with Gasteiger partial charge >= 0.3 is 0 Å². The van der Waals surface area contributed by atoms with E-state index in [0.717, 1.165) is 10.0 Å². The first-order valence-corrected chi connectivity index (χ1v) is 6.21. The smallest absolute Gasteiger partial charge is 0.168 e. The first-order valence-electron chi connectivity index (χ1n) is 5.04. The Labute approximate surface area is 113 Å². The molecule has 0 aliphatic rings. The van der Waals surface area contributed by atoms with Gasteiger partial charge in [-0.05, 0) is 33.6 Å². The number of benzene rings is 1. The van der Waals surface area contributed by atoms with E-state index in [1.807, 2.05) is 18.2 Å². The summed E-state index contributed by atoms with van der Waals surface area (Å²) in [6.07, 6.45) is 3.49. The van der Waals surface area contributed by atoms with E-state index in [4.69, 9.17) is 11.6 Å². The molecule has 0 amide bonds. The van der Waals surface area contributed by atoms with Gasteiger partial charge in [0.05, 0.1) is 0 Å². The predicted molar refractivity (Wildman–Crippen MR) is 71.4 cm³/mol. The molecule has 2 rings (SSSR count). The van der Waals surface area contributed by atoms with Crippen molar-refractivity contribution in [2.75, 3.05) is 0 Å². The van der Waals surface area contributed by atoms with Crippen molar-refractivity contribution in [1.29, 1.82) is 0 Å². The van der Waals surface area contributed by atoms with Crippen LogP contribution in [0.2, 0.25) is 5.02 Å². The van der Waals surface area contributed by atoms with Gasteiger partial charge in [-0.1, -0.05) is 29.8 Å². The maximum Gasteiger partial charge on any atom is 0.168 e. The van der Waals surface area contributed by atoms with Crippen LogP contribution in [0.3, 0.4) is 0 Å². The number of pyridine rings is 1. The van der Waals surface area contributed by atoms with Crippen LogP contribution in [0.15, 0.2) is 47.2 Å². The zero-order valence-corrected chi connectivity index (χ0v) is 11.2. The molecule has 86 valence electrons. The Morgan fingerprint density at radius 1 is 1.29 bits per heavy atom. The molecule has 0 saturated carbocycles. The monoisotopic (exact) mass is 309 g/mol. The van der Waals surface area contributed by atoms with Crippen LogP contribution in [-0.4, -0.2) is 10.8 Å². The highest BCUT2D eigenvalue weighted by molar-refractivity contribution is 9.10. The van der Waals surface area contributed by atoms with E-state index in [-0.39, 0.29) is 12.2 Å². The number of ketones is 1. The fourth-order valence-corrected chi connectivity index (χ4v) is 2.05. The summed E-state index contributed by atoms with van der Waals surface area (Å²) >= 11 is 9.30. The number of aromatic nitrogens is 1. The number of hydrogen-bond acceptors (Lipinski definition) is 2. The van der Waals surface area contributed by atoms with Crippen molar-refractivity contribution < 1.29 is 4.79 Å². The molecule has 0 N–H and O–H groups in total. The van der Waals surface area contributed by atoms with Gasteiger partial charge in [0.15, 0.2) is 5.78 Å². The highest BCUT2D eigenvalue weighted by Crippen LogP contribution is 2.18. The van der Waals surface area contributed by atoms with Gasteiger partial charge in [0.2, 0.25) is 0 Å². The quantitative estimate of drug-likeness (QED) is 0.804. The van der Waals surface area contributed by atoms with Crippen LogP contribution in [0.5, 0.6) is 0 Å². The standard InChI is InChI=1S/C13H9BrClNO/c14-11-5-10(7-16-8-11)13(17)6-9-3-1-2-4-12(9)15/h1-5,7-8H,6H2. The van der Waals surface area contributed by atoms with Gasteiger partial charge < -0.3 is 0 Å². The normalized spacial score (nSPS) is 10.2. The lowest BCUT2D eigenvalue weighted by Crippen LogP contribution is -2.04. The second-order valence-electron chi connectivity index (χ2n) is 3.58. The molecule has 0 unspecified atom stereocenters. The van der Waals surface area contributed by atoms with Crippen molar-refractivity contribution >= 4 is 33.3 Å². The van der Waals surface area contributed by atoms with Gasteiger partial charge in [-0.3, -0.25) is 9.78 Å². The first kappa shape index (κ1) is 12.3. The van der Waals surface area contributed by atoms with Crippen LogP contribution in [0, 0.1) is 0 Å². The third-order valence-corrected chi connectivity index (χ3v) is 3.14. The summed E-state index contributed by atoms with van der Waals surface area (Å²) in [7, 11) is 0. The van der Waals surface area contributed by atoms with Gasteiger partial charge in [0, 0.05) is 33.9 Å². The van der Waals surface area contributed by atoms with E-state index < -0.39 is 0 Å². The molecule has 4 heteroatoms. The van der Waals surface area contributed by atoms with E-state index in [0.29, 0.717) is 10.6 Å². The zero-order valence-electron chi connectivity index (χ0n) is 8.86. The zero-order chi connectivity index (χ0) is 12.3. The molecule has 17 heavy (non-hydrogen) atoms. The largest absolute Gasteiger partial charge is 0.294 e. The summed E-state index contributed by atoms with van der Waals surface area (Å²) in [6.45, 7) is 0. The molecule has 0 aliphatic heterocycles. The maximum atomic E-state index is 12.0. The molecule has 0 radical (unpaired) electrons. The van der Waals surface area contributed by atoms with Gasteiger partial charge in [-0.25, -0.2) is 0 Å². The number of halogens is 2. The summed E-state index contributed by atoms with van der Waals surface area (Å²) in [6, 6.07) is 9.10. The minimum atomic E-state index is 0.00639. The molecule has 1 heterocycles.